The highest BCUT2D eigenvalue weighted by Gasteiger charge is 2.16. The predicted molar refractivity (Wildman–Crippen MR) is 119 cm³/mol. The number of nitrogens with zero attached hydrogens (tertiary/aromatic N) is 2. The third-order valence-corrected chi connectivity index (χ3v) is 5.95. The molecule has 1 amide bonds. The molecule has 1 heterocycles. The molecule has 150 valence electrons. The van der Waals surface area contributed by atoms with Crippen LogP contribution in [0.2, 0.25) is 5.02 Å². The number of benzene rings is 2. The highest BCUT2D eigenvalue weighted by Crippen LogP contribution is 2.24. The lowest BCUT2D eigenvalue weighted by Crippen LogP contribution is -2.46. The van der Waals surface area contributed by atoms with Gasteiger partial charge in [-0.15, -0.1) is 0 Å². The second-order valence-corrected chi connectivity index (χ2v) is 7.96. The number of hydrogen-bond donors (Lipinski definition) is 1. The van der Waals surface area contributed by atoms with Crippen LogP contribution < -0.4 is 10.2 Å². The summed E-state index contributed by atoms with van der Waals surface area (Å²) in [6.07, 6.45) is 1.13. The third-order valence-electron chi connectivity index (χ3n) is 5.55. The number of carbonyl (C=O) groups excluding carboxylic acids is 1. The zero-order chi connectivity index (χ0) is 20.1. The number of hydrogen-bond acceptors (Lipinski definition) is 3. The molecule has 0 aromatic heterocycles. The Morgan fingerprint density at radius 2 is 1.79 bits per heavy atom. The van der Waals surface area contributed by atoms with Crippen molar-refractivity contribution in [3.63, 3.8) is 0 Å². The van der Waals surface area contributed by atoms with Crippen LogP contribution in [0.15, 0.2) is 36.4 Å². The number of rotatable bonds is 6. The van der Waals surface area contributed by atoms with Gasteiger partial charge < -0.3 is 15.1 Å². The van der Waals surface area contributed by atoms with Crippen molar-refractivity contribution in [2.75, 3.05) is 42.9 Å². The fraction of sp³-hybridized carbons (Fsp3) is 0.435. The van der Waals surface area contributed by atoms with Crippen LogP contribution in [-0.4, -0.2) is 43.5 Å². The Hall–Kier alpha value is -2.04. The van der Waals surface area contributed by atoms with E-state index in [1.165, 1.54) is 5.69 Å². The molecule has 1 aliphatic rings. The summed E-state index contributed by atoms with van der Waals surface area (Å²) in [7, 11) is 0. The first kappa shape index (κ1) is 20.7. The van der Waals surface area contributed by atoms with Gasteiger partial charge in [0, 0.05) is 49.0 Å². The van der Waals surface area contributed by atoms with E-state index in [1.54, 1.807) is 0 Å². The van der Waals surface area contributed by atoms with Gasteiger partial charge in [-0.25, -0.2) is 0 Å². The first-order valence-corrected chi connectivity index (χ1v) is 10.5. The number of likely N-dealkylation sites (N-methyl/N-ethyl adjacent to an activating group) is 1. The molecular formula is C23H30ClN3O. The van der Waals surface area contributed by atoms with Crippen LogP contribution in [0.3, 0.4) is 0 Å². The molecule has 2 aromatic carbocycles. The minimum absolute atomic E-state index is 0.0316. The molecule has 0 radical (unpaired) electrons. The van der Waals surface area contributed by atoms with Crippen molar-refractivity contribution in [2.45, 2.75) is 33.6 Å². The Morgan fingerprint density at radius 3 is 2.43 bits per heavy atom. The van der Waals surface area contributed by atoms with E-state index in [0.29, 0.717) is 12.8 Å². The Bertz CT molecular complexity index is 829. The van der Waals surface area contributed by atoms with Crippen molar-refractivity contribution in [2.24, 2.45) is 0 Å². The van der Waals surface area contributed by atoms with Gasteiger partial charge >= 0.3 is 0 Å². The average molecular weight is 400 g/mol. The molecule has 0 spiro atoms. The highest BCUT2D eigenvalue weighted by molar-refractivity contribution is 6.31. The van der Waals surface area contributed by atoms with E-state index in [9.17, 15) is 4.79 Å². The molecule has 1 fully saturated rings. The summed E-state index contributed by atoms with van der Waals surface area (Å²) in [4.78, 5) is 17.3. The van der Waals surface area contributed by atoms with Crippen LogP contribution in [0, 0.1) is 13.8 Å². The summed E-state index contributed by atoms with van der Waals surface area (Å²) in [5, 5.41) is 3.81. The van der Waals surface area contributed by atoms with E-state index in [-0.39, 0.29) is 5.91 Å². The molecule has 0 aliphatic carbocycles. The Balaban J connectivity index is 1.55. The summed E-state index contributed by atoms with van der Waals surface area (Å²) < 4.78 is 0. The molecule has 1 aliphatic heterocycles. The van der Waals surface area contributed by atoms with E-state index < -0.39 is 0 Å². The van der Waals surface area contributed by atoms with E-state index >= 15 is 0 Å². The van der Waals surface area contributed by atoms with Crippen molar-refractivity contribution in [1.29, 1.82) is 0 Å². The predicted octanol–water partition coefficient (Wildman–Crippen LogP) is 4.67. The SMILES string of the molecule is CCN1CCN(c2ccc(NC(=O)CCc3ccc(C)c(Cl)c3)c(C)c2)CC1. The molecule has 0 atom stereocenters. The third kappa shape index (κ3) is 5.27. The largest absolute Gasteiger partial charge is 0.369 e. The second kappa shape index (κ2) is 9.44. The molecule has 5 heteroatoms. The van der Waals surface area contributed by atoms with Crippen molar-refractivity contribution >= 4 is 28.9 Å². The van der Waals surface area contributed by atoms with Crippen molar-refractivity contribution in [3.05, 3.63) is 58.1 Å². The maximum Gasteiger partial charge on any atom is 0.224 e. The summed E-state index contributed by atoms with van der Waals surface area (Å²) in [6.45, 7) is 11.7. The number of nitrogens with one attached hydrogen (secondary N) is 1. The van der Waals surface area contributed by atoms with Crippen molar-refractivity contribution in [3.8, 4) is 0 Å². The minimum Gasteiger partial charge on any atom is -0.369 e. The molecule has 4 nitrogen and oxygen atoms in total. The molecule has 3 rings (SSSR count). The van der Waals surface area contributed by atoms with Gasteiger partial charge in [0.2, 0.25) is 5.91 Å². The molecule has 0 saturated carbocycles. The maximum atomic E-state index is 12.4. The maximum absolute atomic E-state index is 12.4. The molecule has 0 unspecified atom stereocenters. The Kier molecular flexibility index (Phi) is 6.97. The van der Waals surface area contributed by atoms with Gasteiger partial charge in [-0.2, -0.15) is 0 Å². The first-order valence-electron chi connectivity index (χ1n) is 10.1. The lowest BCUT2D eigenvalue weighted by atomic mass is 10.1. The minimum atomic E-state index is 0.0316. The van der Waals surface area contributed by atoms with Gasteiger partial charge in [-0.05, 0) is 67.8 Å². The first-order chi connectivity index (χ1) is 13.5. The van der Waals surface area contributed by atoms with Crippen LogP contribution in [0.25, 0.3) is 0 Å². The molecule has 0 bridgehead atoms. The lowest BCUT2D eigenvalue weighted by molar-refractivity contribution is -0.116. The Morgan fingerprint density at radius 1 is 1.04 bits per heavy atom. The molecule has 1 saturated heterocycles. The van der Waals surface area contributed by atoms with Gasteiger partial charge in [-0.1, -0.05) is 30.7 Å². The zero-order valence-electron chi connectivity index (χ0n) is 17.1. The Labute approximate surface area is 173 Å². The number of amides is 1. The van der Waals surface area contributed by atoms with Gasteiger partial charge in [0.1, 0.15) is 0 Å². The van der Waals surface area contributed by atoms with E-state index in [0.717, 1.165) is 60.1 Å². The van der Waals surface area contributed by atoms with Crippen LogP contribution in [0.5, 0.6) is 0 Å². The number of halogens is 1. The quantitative estimate of drug-likeness (QED) is 0.766. The summed E-state index contributed by atoms with van der Waals surface area (Å²) in [5.41, 5.74) is 5.37. The van der Waals surface area contributed by atoms with E-state index in [1.807, 2.05) is 31.2 Å². The molecule has 28 heavy (non-hydrogen) atoms. The van der Waals surface area contributed by atoms with Crippen LogP contribution in [-0.2, 0) is 11.2 Å². The molecular weight excluding hydrogens is 370 g/mol. The number of carbonyl (C=O) groups is 1. The molecule has 2 aromatic rings. The van der Waals surface area contributed by atoms with Gasteiger partial charge in [0.25, 0.3) is 0 Å². The summed E-state index contributed by atoms with van der Waals surface area (Å²) in [6, 6.07) is 12.3. The zero-order valence-corrected chi connectivity index (χ0v) is 17.9. The molecule has 1 N–H and O–H groups in total. The average Bonchev–Trinajstić information content (AvgIpc) is 2.70. The van der Waals surface area contributed by atoms with Crippen LogP contribution in [0.1, 0.15) is 30.0 Å². The van der Waals surface area contributed by atoms with Gasteiger partial charge in [0.15, 0.2) is 0 Å². The fourth-order valence-electron chi connectivity index (χ4n) is 3.57. The van der Waals surface area contributed by atoms with Gasteiger partial charge in [0.05, 0.1) is 0 Å². The monoisotopic (exact) mass is 399 g/mol. The van der Waals surface area contributed by atoms with Gasteiger partial charge in [-0.3, -0.25) is 4.79 Å². The standard InChI is InChI=1S/C23H30ClN3O/c1-4-26-11-13-27(14-12-26)20-8-9-22(18(3)15-20)25-23(28)10-7-19-6-5-17(2)21(24)16-19/h5-6,8-9,15-16H,4,7,10-14H2,1-3H3,(H,25,28). The number of anilines is 2. The van der Waals surface area contributed by atoms with E-state index in [4.69, 9.17) is 11.6 Å². The van der Waals surface area contributed by atoms with Crippen LogP contribution in [0.4, 0.5) is 11.4 Å². The van der Waals surface area contributed by atoms with Crippen molar-refractivity contribution < 1.29 is 4.79 Å². The second-order valence-electron chi connectivity index (χ2n) is 7.55. The summed E-state index contributed by atoms with van der Waals surface area (Å²) in [5.74, 6) is 0.0316. The van der Waals surface area contributed by atoms with Crippen molar-refractivity contribution in [1.82, 2.24) is 4.90 Å². The topological polar surface area (TPSA) is 35.6 Å². The normalized spacial score (nSPS) is 14.9. The number of aryl methyl sites for hydroxylation is 3. The smallest absolute Gasteiger partial charge is 0.224 e. The number of piperazine rings is 1. The summed E-state index contributed by atoms with van der Waals surface area (Å²) >= 11 is 6.17. The van der Waals surface area contributed by atoms with Crippen LogP contribution >= 0.6 is 11.6 Å². The highest BCUT2D eigenvalue weighted by atomic mass is 35.5. The lowest BCUT2D eigenvalue weighted by Gasteiger charge is -2.35. The fourth-order valence-corrected chi connectivity index (χ4v) is 3.77. The van der Waals surface area contributed by atoms with E-state index in [2.05, 4.69) is 41.1 Å².